The van der Waals surface area contributed by atoms with Crippen molar-refractivity contribution >= 4 is 31.8 Å². The first-order chi connectivity index (χ1) is 15.3. The molecular formula is C25H24N4O2S. The van der Waals surface area contributed by atoms with E-state index in [9.17, 15) is 8.42 Å². The van der Waals surface area contributed by atoms with Gasteiger partial charge in [0.05, 0.1) is 28.0 Å². The summed E-state index contributed by atoms with van der Waals surface area (Å²) in [5, 5.41) is 6.49. The Morgan fingerprint density at radius 2 is 1.81 bits per heavy atom. The van der Waals surface area contributed by atoms with Crippen molar-refractivity contribution in [3.05, 3.63) is 72.1 Å². The molecule has 0 aliphatic heterocycles. The number of sulfone groups is 1. The van der Waals surface area contributed by atoms with E-state index < -0.39 is 9.84 Å². The van der Waals surface area contributed by atoms with E-state index in [0.29, 0.717) is 4.90 Å². The molecule has 0 bridgehead atoms. The standard InChI is InChI=1S/C25H24N4O2S/c1-5-20-22-24-18(15-27-28(24)3)14-26-25(22)29(21-12-7-6-9-16(21)2)23(20)17-10-8-11-19(13-17)32(4,30)31/h6-15H,5H2,1-4H3. The summed E-state index contributed by atoms with van der Waals surface area (Å²) < 4.78 is 28.7. The Hall–Kier alpha value is -3.45. The fourth-order valence-electron chi connectivity index (χ4n) is 4.53. The van der Waals surface area contributed by atoms with Gasteiger partial charge >= 0.3 is 0 Å². The summed E-state index contributed by atoms with van der Waals surface area (Å²) >= 11 is 0. The Kier molecular flexibility index (Phi) is 4.67. The van der Waals surface area contributed by atoms with E-state index in [4.69, 9.17) is 4.98 Å². The van der Waals surface area contributed by atoms with Gasteiger partial charge in [0.25, 0.3) is 0 Å². The van der Waals surface area contributed by atoms with Crippen molar-refractivity contribution in [3.63, 3.8) is 0 Å². The molecule has 162 valence electrons. The molecule has 0 atom stereocenters. The molecule has 6 nitrogen and oxygen atoms in total. The van der Waals surface area contributed by atoms with Crippen LogP contribution in [0.3, 0.4) is 0 Å². The number of benzene rings is 2. The molecule has 5 rings (SSSR count). The lowest BCUT2D eigenvalue weighted by atomic mass is 10.0. The molecule has 0 N–H and O–H groups in total. The largest absolute Gasteiger partial charge is 0.293 e. The number of para-hydroxylation sites is 1. The van der Waals surface area contributed by atoms with Gasteiger partial charge in [-0.3, -0.25) is 9.25 Å². The molecule has 7 heteroatoms. The highest BCUT2D eigenvalue weighted by Crippen LogP contribution is 2.40. The zero-order chi connectivity index (χ0) is 22.6. The topological polar surface area (TPSA) is 69.8 Å². The van der Waals surface area contributed by atoms with Gasteiger partial charge in [-0.15, -0.1) is 0 Å². The van der Waals surface area contributed by atoms with Gasteiger partial charge in [0.1, 0.15) is 5.65 Å². The highest BCUT2D eigenvalue weighted by atomic mass is 32.2. The Balaban J connectivity index is 2.01. The molecule has 0 fully saturated rings. The van der Waals surface area contributed by atoms with Gasteiger partial charge < -0.3 is 0 Å². The molecule has 0 spiro atoms. The maximum Gasteiger partial charge on any atom is 0.175 e. The number of fused-ring (bicyclic) bond motifs is 3. The predicted octanol–water partition coefficient (Wildman–Crippen LogP) is 4.85. The highest BCUT2D eigenvalue weighted by Gasteiger charge is 2.24. The summed E-state index contributed by atoms with van der Waals surface area (Å²) in [6.07, 6.45) is 5.69. The Bertz CT molecular complexity index is 1610. The fraction of sp³-hybridized carbons (Fsp3) is 0.200. The van der Waals surface area contributed by atoms with Gasteiger partial charge in [0.2, 0.25) is 0 Å². The lowest BCUT2D eigenvalue weighted by Gasteiger charge is -2.15. The quantitative estimate of drug-likeness (QED) is 0.397. The number of hydrogen-bond donors (Lipinski definition) is 0. The molecule has 0 amide bonds. The van der Waals surface area contributed by atoms with E-state index in [-0.39, 0.29) is 0 Å². The summed E-state index contributed by atoms with van der Waals surface area (Å²) in [5.74, 6) is 0. The van der Waals surface area contributed by atoms with Crippen LogP contribution < -0.4 is 0 Å². The van der Waals surface area contributed by atoms with Gasteiger partial charge in [0.15, 0.2) is 9.84 Å². The predicted molar refractivity (Wildman–Crippen MR) is 128 cm³/mol. The van der Waals surface area contributed by atoms with Crippen molar-refractivity contribution in [2.75, 3.05) is 6.26 Å². The summed E-state index contributed by atoms with van der Waals surface area (Å²) in [7, 11) is -1.40. The molecule has 32 heavy (non-hydrogen) atoms. The van der Waals surface area contributed by atoms with Crippen LogP contribution in [-0.2, 0) is 23.3 Å². The second kappa shape index (κ2) is 7.31. The molecule has 0 radical (unpaired) electrons. The van der Waals surface area contributed by atoms with Crippen LogP contribution in [0.5, 0.6) is 0 Å². The van der Waals surface area contributed by atoms with E-state index in [0.717, 1.165) is 56.4 Å². The fourth-order valence-corrected chi connectivity index (χ4v) is 5.20. The smallest absolute Gasteiger partial charge is 0.175 e. The van der Waals surface area contributed by atoms with Crippen LogP contribution in [0.25, 0.3) is 38.9 Å². The zero-order valence-electron chi connectivity index (χ0n) is 18.5. The third-order valence-electron chi connectivity index (χ3n) is 6.02. The van der Waals surface area contributed by atoms with Crippen molar-refractivity contribution < 1.29 is 8.42 Å². The number of nitrogens with zero attached hydrogens (tertiary/aromatic N) is 4. The normalized spacial score (nSPS) is 12.1. The minimum absolute atomic E-state index is 0.303. The van der Waals surface area contributed by atoms with Crippen LogP contribution in [0, 0.1) is 6.92 Å². The lowest BCUT2D eigenvalue weighted by Crippen LogP contribution is -2.02. The van der Waals surface area contributed by atoms with Gasteiger partial charge in [-0.25, -0.2) is 13.4 Å². The van der Waals surface area contributed by atoms with Crippen molar-refractivity contribution in [1.29, 1.82) is 0 Å². The van der Waals surface area contributed by atoms with Crippen molar-refractivity contribution in [2.24, 2.45) is 7.05 Å². The average molecular weight is 445 g/mol. The van der Waals surface area contributed by atoms with Crippen LogP contribution in [-0.4, -0.2) is 34.0 Å². The second-order valence-electron chi connectivity index (χ2n) is 8.13. The number of aromatic nitrogens is 4. The molecule has 3 aromatic heterocycles. The third-order valence-corrected chi connectivity index (χ3v) is 7.13. The van der Waals surface area contributed by atoms with Gasteiger partial charge in [0, 0.05) is 35.8 Å². The molecule has 0 saturated carbocycles. The molecule has 3 heterocycles. The molecular weight excluding hydrogens is 420 g/mol. The van der Waals surface area contributed by atoms with E-state index in [1.807, 2.05) is 42.3 Å². The molecule has 5 aromatic rings. The van der Waals surface area contributed by atoms with E-state index in [1.54, 1.807) is 18.2 Å². The third kappa shape index (κ3) is 3.04. The molecule has 0 saturated heterocycles. The van der Waals surface area contributed by atoms with Gasteiger partial charge in [-0.1, -0.05) is 37.3 Å². The van der Waals surface area contributed by atoms with E-state index in [1.165, 1.54) is 6.26 Å². The first-order valence-electron chi connectivity index (χ1n) is 10.5. The van der Waals surface area contributed by atoms with Crippen LogP contribution >= 0.6 is 0 Å². The number of aryl methyl sites for hydroxylation is 3. The maximum atomic E-state index is 12.3. The van der Waals surface area contributed by atoms with Crippen LogP contribution in [0.15, 0.2) is 65.8 Å². The Labute approximate surface area is 187 Å². The van der Waals surface area contributed by atoms with Crippen molar-refractivity contribution in [1.82, 2.24) is 19.3 Å². The average Bonchev–Trinajstić information content (AvgIpc) is 3.31. The highest BCUT2D eigenvalue weighted by molar-refractivity contribution is 7.90. The minimum Gasteiger partial charge on any atom is -0.293 e. The molecule has 0 aliphatic rings. The molecule has 0 aliphatic carbocycles. The molecule has 2 aromatic carbocycles. The monoisotopic (exact) mass is 444 g/mol. The van der Waals surface area contributed by atoms with Crippen LogP contribution in [0.4, 0.5) is 0 Å². The van der Waals surface area contributed by atoms with Gasteiger partial charge in [-0.05, 0) is 42.7 Å². The van der Waals surface area contributed by atoms with E-state index in [2.05, 4.69) is 35.6 Å². The summed E-state index contributed by atoms with van der Waals surface area (Å²) in [6.45, 7) is 4.20. The first kappa shape index (κ1) is 20.5. The van der Waals surface area contributed by atoms with E-state index >= 15 is 0 Å². The summed E-state index contributed by atoms with van der Waals surface area (Å²) in [4.78, 5) is 5.16. The lowest BCUT2D eigenvalue weighted by molar-refractivity contribution is 0.602. The number of pyridine rings is 1. The number of rotatable bonds is 4. The van der Waals surface area contributed by atoms with Crippen LogP contribution in [0.1, 0.15) is 18.1 Å². The summed E-state index contributed by atoms with van der Waals surface area (Å²) in [6, 6.07) is 15.4. The Morgan fingerprint density at radius 3 is 2.53 bits per heavy atom. The second-order valence-corrected chi connectivity index (χ2v) is 10.1. The SMILES string of the molecule is CCc1c(-c2cccc(S(C)(=O)=O)c2)n(-c2ccccc2C)c2ncc3cnn(C)c3c12. The number of hydrogen-bond acceptors (Lipinski definition) is 4. The van der Waals surface area contributed by atoms with Crippen molar-refractivity contribution in [3.8, 4) is 16.9 Å². The summed E-state index contributed by atoms with van der Waals surface area (Å²) in [5.41, 5.74) is 6.93. The maximum absolute atomic E-state index is 12.3. The zero-order valence-corrected chi connectivity index (χ0v) is 19.3. The Morgan fingerprint density at radius 1 is 1.03 bits per heavy atom. The molecule has 0 unspecified atom stereocenters. The minimum atomic E-state index is -3.34. The van der Waals surface area contributed by atoms with Crippen molar-refractivity contribution in [2.45, 2.75) is 25.2 Å². The van der Waals surface area contributed by atoms with Crippen LogP contribution in [0.2, 0.25) is 0 Å². The van der Waals surface area contributed by atoms with Gasteiger partial charge in [-0.2, -0.15) is 5.10 Å². The first-order valence-corrected chi connectivity index (χ1v) is 12.4.